The lowest BCUT2D eigenvalue weighted by Crippen LogP contribution is -2.14. The third-order valence-electron chi connectivity index (χ3n) is 3.43. The fourth-order valence-corrected chi connectivity index (χ4v) is 2.08. The maximum Gasteiger partial charge on any atom is 0.213 e. The van der Waals surface area contributed by atoms with E-state index in [-0.39, 0.29) is 6.04 Å². The molecule has 0 spiro atoms. The maximum atomic E-state index is 5.97. The summed E-state index contributed by atoms with van der Waals surface area (Å²) in [5.41, 5.74) is 3.17. The summed E-state index contributed by atoms with van der Waals surface area (Å²) in [6, 6.07) is 12.2. The topological polar surface area (TPSA) is 43.4 Å². The highest BCUT2D eigenvalue weighted by molar-refractivity contribution is 5.39. The fourth-order valence-electron chi connectivity index (χ4n) is 2.08. The number of rotatable bonds is 6. The maximum absolute atomic E-state index is 5.97. The number of hydrogen-bond acceptors (Lipinski definition) is 4. The summed E-state index contributed by atoms with van der Waals surface area (Å²) >= 11 is 0. The molecule has 2 rings (SSSR count). The van der Waals surface area contributed by atoms with Gasteiger partial charge in [0.1, 0.15) is 12.4 Å². The van der Waals surface area contributed by atoms with Gasteiger partial charge < -0.3 is 14.8 Å². The van der Waals surface area contributed by atoms with E-state index in [4.69, 9.17) is 9.47 Å². The molecule has 1 atom stereocenters. The van der Waals surface area contributed by atoms with Gasteiger partial charge in [0.25, 0.3) is 0 Å². The number of pyridine rings is 1. The molecular weight excluding hydrogens is 264 g/mol. The van der Waals surface area contributed by atoms with E-state index in [0.29, 0.717) is 12.5 Å². The lowest BCUT2D eigenvalue weighted by molar-refractivity contribution is 0.292. The number of ether oxygens (including phenoxy) is 2. The number of benzene rings is 1. The van der Waals surface area contributed by atoms with Gasteiger partial charge in [0.05, 0.1) is 12.8 Å². The van der Waals surface area contributed by atoms with Gasteiger partial charge in [0.2, 0.25) is 5.88 Å². The molecule has 0 amide bonds. The number of aryl methyl sites for hydroxylation is 1. The second-order valence-corrected chi connectivity index (χ2v) is 5.01. The Labute approximate surface area is 126 Å². The zero-order valence-corrected chi connectivity index (χ0v) is 13.0. The molecule has 0 radical (unpaired) electrons. The van der Waals surface area contributed by atoms with Crippen LogP contribution in [0.5, 0.6) is 11.6 Å². The SMILES string of the molecule is CNC(C)c1ccc(C)cc1OCc1cccc(OC)n1. The predicted octanol–water partition coefficient (Wildman–Crippen LogP) is 3.26. The second-order valence-electron chi connectivity index (χ2n) is 5.01. The minimum atomic E-state index is 0.235. The molecule has 1 aromatic heterocycles. The molecule has 1 N–H and O–H groups in total. The lowest BCUT2D eigenvalue weighted by atomic mass is 10.1. The molecule has 0 aliphatic rings. The molecule has 0 fully saturated rings. The third-order valence-corrected chi connectivity index (χ3v) is 3.43. The molecule has 0 bridgehead atoms. The van der Waals surface area contributed by atoms with E-state index in [1.54, 1.807) is 7.11 Å². The standard InChI is InChI=1S/C17H22N2O2/c1-12-8-9-15(13(2)18-3)16(10-12)21-11-14-6-5-7-17(19-14)20-4/h5-10,13,18H,11H2,1-4H3. The summed E-state index contributed by atoms with van der Waals surface area (Å²) in [6.45, 7) is 4.59. The van der Waals surface area contributed by atoms with Gasteiger partial charge in [0.15, 0.2) is 0 Å². The van der Waals surface area contributed by atoms with Crippen LogP contribution in [-0.4, -0.2) is 19.1 Å². The number of hydrogen-bond donors (Lipinski definition) is 1. The second kappa shape index (κ2) is 7.09. The Hall–Kier alpha value is -2.07. The molecule has 0 aliphatic carbocycles. The first-order chi connectivity index (χ1) is 10.1. The monoisotopic (exact) mass is 286 g/mol. The van der Waals surface area contributed by atoms with Crippen LogP contribution in [0.1, 0.15) is 29.8 Å². The van der Waals surface area contributed by atoms with Crippen LogP contribution in [-0.2, 0) is 6.61 Å². The number of methoxy groups -OCH3 is 1. The van der Waals surface area contributed by atoms with Crippen molar-refractivity contribution in [1.29, 1.82) is 0 Å². The third kappa shape index (κ3) is 3.95. The average Bonchev–Trinajstić information content (AvgIpc) is 2.52. The molecule has 1 unspecified atom stereocenters. The molecule has 0 saturated heterocycles. The van der Waals surface area contributed by atoms with E-state index >= 15 is 0 Å². The van der Waals surface area contributed by atoms with Crippen molar-refractivity contribution in [3.63, 3.8) is 0 Å². The minimum absolute atomic E-state index is 0.235. The molecule has 0 aliphatic heterocycles. The molecule has 1 aromatic carbocycles. The number of aromatic nitrogens is 1. The predicted molar refractivity (Wildman–Crippen MR) is 83.8 cm³/mol. The van der Waals surface area contributed by atoms with Crippen molar-refractivity contribution in [2.75, 3.05) is 14.2 Å². The summed E-state index contributed by atoms with van der Waals surface area (Å²) in [5.74, 6) is 1.49. The highest BCUT2D eigenvalue weighted by Crippen LogP contribution is 2.27. The molecule has 21 heavy (non-hydrogen) atoms. The Morgan fingerprint density at radius 1 is 1.24 bits per heavy atom. The normalized spacial score (nSPS) is 12.0. The van der Waals surface area contributed by atoms with Crippen LogP contribution in [0.4, 0.5) is 0 Å². The van der Waals surface area contributed by atoms with Crippen LogP contribution < -0.4 is 14.8 Å². The number of nitrogens with one attached hydrogen (secondary N) is 1. The average molecular weight is 286 g/mol. The van der Waals surface area contributed by atoms with Gasteiger partial charge in [0, 0.05) is 17.7 Å². The van der Waals surface area contributed by atoms with E-state index in [0.717, 1.165) is 17.0 Å². The molecule has 0 saturated carbocycles. The Balaban J connectivity index is 2.16. The summed E-state index contributed by atoms with van der Waals surface area (Å²) < 4.78 is 11.1. The summed E-state index contributed by atoms with van der Waals surface area (Å²) in [6.07, 6.45) is 0. The zero-order valence-electron chi connectivity index (χ0n) is 13.0. The smallest absolute Gasteiger partial charge is 0.213 e. The van der Waals surface area contributed by atoms with E-state index in [1.165, 1.54) is 5.56 Å². The van der Waals surface area contributed by atoms with E-state index in [1.807, 2.05) is 25.2 Å². The van der Waals surface area contributed by atoms with E-state index < -0.39 is 0 Å². The van der Waals surface area contributed by atoms with Crippen LogP contribution >= 0.6 is 0 Å². The fraction of sp³-hybridized carbons (Fsp3) is 0.353. The van der Waals surface area contributed by atoms with Crippen LogP contribution in [0.2, 0.25) is 0 Å². The van der Waals surface area contributed by atoms with Crippen molar-refractivity contribution in [1.82, 2.24) is 10.3 Å². The Kier molecular flexibility index (Phi) is 5.17. The summed E-state index contributed by atoms with van der Waals surface area (Å²) in [5, 5.41) is 3.24. The van der Waals surface area contributed by atoms with Crippen molar-refractivity contribution >= 4 is 0 Å². The van der Waals surface area contributed by atoms with Crippen molar-refractivity contribution in [2.24, 2.45) is 0 Å². The van der Waals surface area contributed by atoms with Crippen molar-refractivity contribution in [3.05, 3.63) is 53.2 Å². The van der Waals surface area contributed by atoms with Gasteiger partial charge in [-0.15, -0.1) is 0 Å². The molecular formula is C17H22N2O2. The quantitative estimate of drug-likeness (QED) is 0.885. The Morgan fingerprint density at radius 3 is 2.76 bits per heavy atom. The minimum Gasteiger partial charge on any atom is -0.487 e. The van der Waals surface area contributed by atoms with Gasteiger partial charge in [-0.3, -0.25) is 0 Å². The first kappa shape index (κ1) is 15.3. The van der Waals surface area contributed by atoms with Gasteiger partial charge in [-0.2, -0.15) is 0 Å². The zero-order chi connectivity index (χ0) is 15.2. The van der Waals surface area contributed by atoms with Crippen molar-refractivity contribution in [2.45, 2.75) is 26.5 Å². The van der Waals surface area contributed by atoms with Gasteiger partial charge in [-0.1, -0.05) is 18.2 Å². The largest absolute Gasteiger partial charge is 0.487 e. The first-order valence-corrected chi connectivity index (χ1v) is 7.04. The summed E-state index contributed by atoms with van der Waals surface area (Å²) in [7, 11) is 3.55. The van der Waals surface area contributed by atoms with Crippen LogP contribution in [0.15, 0.2) is 36.4 Å². The van der Waals surface area contributed by atoms with Crippen LogP contribution in [0.3, 0.4) is 0 Å². The molecule has 112 valence electrons. The lowest BCUT2D eigenvalue weighted by Gasteiger charge is -2.17. The molecule has 4 nitrogen and oxygen atoms in total. The van der Waals surface area contributed by atoms with Gasteiger partial charge in [-0.05, 0) is 38.6 Å². The van der Waals surface area contributed by atoms with Gasteiger partial charge >= 0.3 is 0 Å². The van der Waals surface area contributed by atoms with E-state index in [9.17, 15) is 0 Å². The Bertz CT molecular complexity index is 599. The van der Waals surface area contributed by atoms with Crippen molar-refractivity contribution < 1.29 is 9.47 Å². The van der Waals surface area contributed by atoms with Crippen molar-refractivity contribution in [3.8, 4) is 11.6 Å². The van der Waals surface area contributed by atoms with Crippen LogP contribution in [0, 0.1) is 6.92 Å². The number of nitrogens with zero attached hydrogens (tertiary/aromatic N) is 1. The molecule has 4 heteroatoms. The highest BCUT2D eigenvalue weighted by atomic mass is 16.5. The van der Waals surface area contributed by atoms with Crippen LogP contribution in [0.25, 0.3) is 0 Å². The Morgan fingerprint density at radius 2 is 2.05 bits per heavy atom. The van der Waals surface area contributed by atoms with E-state index in [2.05, 4.69) is 42.3 Å². The molecule has 1 heterocycles. The van der Waals surface area contributed by atoms with Gasteiger partial charge in [-0.25, -0.2) is 4.98 Å². The highest BCUT2D eigenvalue weighted by Gasteiger charge is 2.11. The summed E-state index contributed by atoms with van der Waals surface area (Å²) in [4.78, 5) is 4.36. The molecule has 2 aromatic rings. The first-order valence-electron chi connectivity index (χ1n) is 7.04.